The monoisotopic (exact) mass is 854 g/mol. The lowest BCUT2D eigenvalue weighted by Gasteiger charge is -2.24. The Bertz CT molecular complexity index is 1090. The molecule has 0 aliphatic rings. The molecule has 6 nitrogen and oxygen atoms in total. The maximum Gasteiger partial charge on any atom is 0.306 e. The maximum absolute atomic E-state index is 13.2. The molecular formula is C55H99NO5. The molecule has 0 heterocycles. The van der Waals surface area contributed by atoms with Crippen molar-refractivity contribution in [2.24, 2.45) is 0 Å². The van der Waals surface area contributed by atoms with Gasteiger partial charge in [-0.1, -0.05) is 223 Å². The molecule has 6 heteroatoms. The van der Waals surface area contributed by atoms with E-state index in [0.717, 1.165) is 70.6 Å². The Hall–Kier alpha value is -2.44. The van der Waals surface area contributed by atoms with Crippen molar-refractivity contribution < 1.29 is 24.5 Å². The summed E-state index contributed by atoms with van der Waals surface area (Å²) >= 11 is 0. The van der Waals surface area contributed by atoms with E-state index in [9.17, 15) is 19.8 Å². The minimum absolute atomic E-state index is 0.0492. The Morgan fingerprint density at radius 1 is 0.475 bits per heavy atom. The van der Waals surface area contributed by atoms with Gasteiger partial charge in [-0.3, -0.25) is 9.59 Å². The van der Waals surface area contributed by atoms with Crippen LogP contribution in [-0.2, 0) is 14.3 Å². The molecule has 3 atom stereocenters. The van der Waals surface area contributed by atoms with Crippen LogP contribution in [0.15, 0.2) is 60.8 Å². The summed E-state index contributed by atoms with van der Waals surface area (Å²) in [6, 6.07) is -0.716. The first-order valence-corrected chi connectivity index (χ1v) is 26.1. The van der Waals surface area contributed by atoms with Gasteiger partial charge in [-0.25, -0.2) is 0 Å². The number of hydrogen-bond acceptors (Lipinski definition) is 5. The smallest absolute Gasteiger partial charge is 0.306 e. The largest absolute Gasteiger partial charge is 0.462 e. The Morgan fingerprint density at radius 2 is 0.852 bits per heavy atom. The van der Waals surface area contributed by atoms with Crippen LogP contribution in [0.2, 0.25) is 0 Å². The molecule has 0 radical (unpaired) electrons. The van der Waals surface area contributed by atoms with E-state index in [0.29, 0.717) is 19.3 Å². The predicted octanol–water partition coefficient (Wildman–Crippen LogP) is 15.6. The fraction of sp³-hybridized carbons (Fsp3) is 0.782. The van der Waals surface area contributed by atoms with Gasteiger partial charge < -0.3 is 20.3 Å². The molecule has 0 saturated heterocycles. The third kappa shape index (κ3) is 44.0. The first-order valence-electron chi connectivity index (χ1n) is 26.1. The van der Waals surface area contributed by atoms with Gasteiger partial charge in [0.15, 0.2) is 0 Å². The third-order valence-electron chi connectivity index (χ3n) is 11.7. The molecule has 0 aromatic rings. The van der Waals surface area contributed by atoms with Gasteiger partial charge in [0.05, 0.1) is 25.2 Å². The number of esters is 1. The van der Waals surface area contributed by atoms with Gasteiger partial charge in [0, 0.05) is 6.42 Å². The van der Waals surface area contributed by atoms with E-state index in [2.05, 4.69) is 80.8 Å². The lowest BCUT2D eigenvalue weighted by Crippen LogP contribution is -2.46. The molecule has 0 fully saturated rings. The second-order valence-corrected chi connectivity index (χ2v) is 17.7. The van der Waals surface area contributed by atoms with Crippen molar-refractivity contribution in [3.63, 3.8) is 0 Å². The molecule has 61 heavy (non-hydrogen) atoms. The predicted molar refractivity (Wildman–Crippen MR) is 264 cm³/mol. The van der Waals surface area contributed by atoms with Crippen molar-refractivity contribution in [3.05, 3.63) is 60.8 Å². The summed E-state index contributed by atoms with van der Waals surface area (Å²) in [6.45, 7) is 6.42. The highest BCUT2D eigenvalue weighted by Crippen LogP contribution is 2.17. The van der Waals surface area contributed by atoms with Crippen molar-refractivity contribution >= 4 is 11.9 Å². The molecule has 0 bridgehead atoms. The van der Waals surface area contributed by atoms with E-state index >= 15 is 0 Å². The molecule has 3 N–H and O–H groups in total. The lowest BCUT2D eigenvalue weighted by atomic mass is 10.0. The number of rotatable bonds is 46. The number of carbonyl (C=O) groups is 2. The number of aliphatic hydroxyl groups is 2. The summed E-state index contributed by atoms with van der Waals surface area (Å²) in [4.78, 5) is 26.1. The number of hydrogen-bond donors (Lipinski definition) is 3. The van der Waals surface area contributed by atoms with Gasteiger partial charge in [-0.15, -0.1) is 0 Å². The first-order chi connectivity index (χ1) is 30.0. The fourth-order valence-corrected chi connectivity index (χ4v) is 7.67. The molecule has 0 aliphatic heterocycles. The molecule has 0 spiro atoms. The van der Waals surface area contributed by atoms with E-state index in [1.54, 1.807) is 0 Å². The Balaban J connectivity index is 4.69. The third-order valence-corrected chi connectivity index (χ3v) is 11.7. The zero-order valence-electron chi connectivity index (χ0n) is 40.3. The van der Waals surface area contributed by atoms with E-state index in [1.165, 1.54) is 135 Å². The molecule has 3 unspecified atom stereocenters. The summed E-state index contributed by atoms with van der Waals surface area (Å²) in [7, 11) is 0. The second kappa shape index (κ2) is 48.6. The highest BCUT2D eigenvalue weighted by Gasteiger charge is 2.24. The van der Waals surface area contributed by atoms with Crippen LogP contribution < -0.4 is 5.32 Å². The van der Waals surface area contributed by atoms with E-state index in [1.807, 2.05) is 6.08 Å². The van der Waals surface area contributed by atoms with Gasteiger partial charge in [-0.05, 0) is 77.0 Å². The molecular weight excluding hydrogens is 755 g/mol. The molecule has 0 aromatic heterocycles. The number of carbonyl (C=O) groups excluding carboxylic acids is 2. The number of amides is 1. The van der Waals surface area contributed by atoms with Crippen LogP contribution in [0.3, 0.4) is 0 Å². The van der Waals surface area contributed by atoms with E-state index in [-0.39, 0.29) is 24.9 Å². The average Bonchev–Trinajstić information content (AvgIpc) is 3.25. The van der Waals surface area contributed by atoms with Crippen molar-refractivity contribution in [1.82, 2.24) is 5.32 Å². The van der Waals surface area contributed by atoms with Crippen LogP contribution in [0.4, 0.5) is 0 Å². The zero-order chi connectivity index (χ0) is 44.5. The number of allylic oxidation sites excluding steroid dienone is 10. The van der Waals surface area contributed by atoms with Crippen LogP contribution in [0.5, 0.6) is 0 Å². The van der Waals surface area contributed by atoms with E-state index < -0.39 is 18.2 Å². The molecule has 354 valence electrons. The van der Waals surface area contributed by atoms with Gasteiger partial charge >= 0.3 is 5.97 Å². The molecule has 0 aliphatic carbocycles. The Labute approximate surface area is 378 Å². The van der Waals surface area contributed by atoms with Crippen LogP contribution >= 0.6 is 0 Å². The molecule has 0 saturated carbocycles. The summed E-state index contributed by atoms with van der Waals surface area (Å²) in [5, 5.41) is 23.7. The van der Waals surface area contributed by atoms with Crippen LogP contribution in [-0.4, -0.2) is 46.9 Å². The summed E-state index contributed by atoms with van der Waals surface area (Å²) < 4.78 is 5.92. The highest BCUT2D eigenvalue weighted by atomic mass is 16.5. The van der Waals surface area contributed by atoms with Gasteiger partial charge in [-0.2, -0.15) is 0 Å². The molecule has 0 aromatic carbocycles. The van der Waals surface area contributed by atoms with Crippen molar-refractivity contribution in [3.8, 4) is 0 Å². The van der Waals surface area contributed by atoms with Crippen LogP contribution in [0.1, 0.15) is 252 Å². The minimum atomic E-state index is -0.800. The van der Waals surface area contributed by atoms with Gasteiger partial charge in [0.1, 0.15) is 6.10 Å². The number of aliphatic hydroxyl groups excluding tert-OH is 2. The Kier molecular flexibility index (Phi) is 46.6. The van der Waals surface area contributed by atoms with Gasteiger partial charge in [0.25, 0.3) is 0 Å². The number of ether oxygens (including phenoxy) is 1. The lowest BCUT2D eigenvalue weighted by molar-refractivity contribution is -0.151. The zero-order valence-corrected chi connectivity index (χ0v) is 40.3. The topological polar surface area (TPSA) is 95.9 Å². The van der Waals surface area contributed by atoms with Gasteiger partial charge in [0.2, 0.25) is 5.91 Å². The standard InChI is InChI=1S/C55H99NO5/c1-4-7-10-13-16-19-22-24-26-28-29-32-34-37-40-43-46-51(61-55(60)48-45-42-39-36-33-30-27-25-23-20-17-14-11-8-5-2)49-54(59)56-52(50-57)53(58)47-44-41-38-35-31-21-18-15-12-9-6-3/h16,19-20,22-24,26,28-29,32,51-53,57-58H,4-15,17-18,21,25,27,30-31,33-50H2,1-3H3,(H,56,59)/b19-16+,23-20-,24-22+,28-26+,32-29+. The summed E-state index contributed by atoms with van der Waals surface area (Å²) in [5.41, 5.74) is 0. The van der Waals surface area contributed by atoms with Crippen molar-refractivity contribution in [2.45, 2.75) is 270 Å². The highest BCUT2D eigenvalue weighted by molar-refractivity contribution is 5.77. The van der Waals surface area contributed by atoms with Crippen LogP contribution in [0, 0.1) is 0 Å². The summed E-state index contributed by atoms with van der Waals surface area (Å²) in [6.07, 6.45) is 59.9. The van der Waals surface area contributed by atoms with Crippen molar-refractivity contribution in [1.29, 1.82) is 0 Å². The fourth-order valence-electron chi connectivity index (χ4n) is 7.67. The number of nitrogens with one attached hydrogen (secondary N) is 1. The number of unbranched alkanes of at least 4 members (excludes halogenated alkanes) is 27. The van der Waals surface area contributed by atoms with E-state index in [4.69, 9.17) is 4.74 Å². The minimum Gasteiger partial charge on any atom is -0.462 e. The second-order valence-electron chi connectivity index (χ2n) is 17.7. The quantitative estimate of drug-likeness (QED) is 0.0245. The maximum atomic E-state index is 13.2. The summed E-state index contributed by atoms with van der Waals surface area (Å²) in [5.74, 6) is -0.515. The van der Waals surface area contributed by atoms with Crippen LogP contribution in [0.25, 0.3) is 0 Å². The molecule has 0 rings (SSSR count). The molecule has 1 amide bonds. The SMILES string of the molecule is CCCCC/C=C/C=C/C=C/C=C/CCCCCC(CC(=O)NC(CO)C(O)CCCCCCCCCCCCC)OC(=O)CCCCCCCCC/C=C\CCCCCC. The normalized spacial score (nSPS) is 13.7. The van der Waals surface area contributed by atoms with Crippen molar-refractivity contribution in [2.75, 3.05) is 6.61 Å². The average molecular weight is 854 g/mol. The Morgan fingerprint density at radius 3 is 1.38 bits per heavy atom. The first kappa shape index (κ1) is 58.6.